The number of aromatic nitrogens is 1. The molecule has 1 aliphatic carbocycles. The molecule has 2 rings (SSSR count). The second-order valence-corrected chi connectivity index (χ2v) is 3.70. The molecule has 1 saturated carbocycles. The predicted octanol–water partition coefficient (Wildman–Crippen LogP) is 2.10. The summed E-state index contributed by atoms with van der Waals surface area (Å²) in [5.41, 5.74) is 0.143. The molecule has 0 saturated heterocycles. The molecule has 0 bridgehead atoms. The Hall–Kier alpha value is -1.58. The third-order valence-electron chi connectivity index (χ3n) is 2.61. The van der Waals surface area contributed by atoms with Crippen molar-refractivity contribution in [3.63, 3.8) is 0 Å². The third-order valence-corrected chi connectivity index (χ3v) is 2.61. The number of rotatable bonds is 3. The maximum absolute atomic E-state index is 10.9. The van der Waals surface area contributed by atoms with Gasteiger partial charge in [-0.25, -0.2) is 4.79 Å². The summed E-state index contributed by atoms with van der Waals surface area (Å²) in [6, 6.07) is 1.61. The van der Waals surface area contributed by atoms with Gasteiger partial charge in [0.05, 0.1) is 6.10 Å². The number of carboxylic acids is 1. The number of hydrogen-bond acceptors (Lipinski definition) is 3. The van der Waals surface area contributed by atoms with Gasteiger partial charge in [0.1, 0.15) is 11.3 Å². The van der Waals surface area contributed by atoms with Gasteiger partial charge in [0.15, 0.2) is 0 Å². The summed E-state index contributed by atoms with van der Waals surface area (Å²) in [4.78, 5) is 14.7. The van der Waals surface area contributed by atoms with E-state index < -0.39 is 5.97 Å². The highest BCUT2D eigenvalue weighted by atomic mass is 16.5. The molecule has 0 aliphatic heterocycles. The average molecular weight is 207 g/mol. The molecule has 15 heavy (non-hydrogen) atoms. The molecule has 0 radical (unpaired) electrons. The highest BCUT2D eigenvalue weighted by molar-refractivity contribution is 5.90. The molecule has 4 nitrogen and oxygen atoms in total. The van der Waals surface area contributed by atoms with E-state index in [1.165, 1.54) is 6.20 Å². The first-order chi connectivity index (χ1) is 7.27. The van der Waals surface area contributed by atoms with Gasteiger partial charge in [-0.1, -0.05) is 0 Å². The van der Waals surface area contributed by atoms with E-state index in [4.69, 9.17) is 9.84 Å². The zero-order chi connectivity index (χ0) is 10.7. The molecule has 1 aromatic rings. The summed E-state index contributed by atoms with van der Waals surface area (Å²) in [7, 11) is 0. The highest BCUT2D eigenvalue weighted by Crippen LogP contribution is 2.25. The molecule has 0 unspecified atom stereocenters. The van der Waals surface area contributed by atoms with E-state index in [2.05, 4.69) is 4.98 Å². The summed E-state index contributed by atoms with van der Waals surface area (Å²) in [6.07, 6.45) is 7.41. The highest BCUT2D eigenvalue weighted by Gasteiger charge is 2.19. The zero-order valence-electron chi connectivity index (χ0n) is 8.35. The van der Waals surface area contributed by atoms with Crippen LogP contribution in [0.15, 0.2) is 18.5 Å². The van der Waals surface area contributed by atoms with E-state index in [0.29, 0.717) is 5.75 Å². The summed E-state index contributed by atoms with van der Waals surface area (Å²) in [5.74, 6) is -0.555. The van der Waals surface area contributed by atoms with Crippen molar-refractivity contribution in [2.75, 3.05) is 0 Å². The molecule has 0 spiro atoms. The van der Waals surface area contributed by atoms with Crippen molar-refractivity contribution in [1.29, 1.82) is 0 Å². The van der Waals surface area contributed by atoms with Crippen LogP contribution >= 0.6 is 0 Å². The molecule has 1 N–H and O–H groups in total. The van der Waals surface area contributed by atoms with Gasteiger partial charge in [-0.15, -0.1) is 0 Å². The number of pyridine rings is 1. The van der Waals surface area contributed by atoms with Gasteiger partial charge >= 0.3 is 5.97 Å². The van der Waals surface area contributed by atoms with Gasteiger partial charge in [-0.2, -0.15) is 0 Å². The predicted molar refractivity (Wildman–Crippen MR) is 54.1 cm³/mol. The maximum atomic E-state index is 10.9. The lowest BCUT2D eigenvalue weighted by molar-refractivity contribution is 0.0688. The fraction of sp³-hybridized carbons (Fsp3) is 0.455. The van der Waals surface area contributed by atoms with Gasteiger partial charge in [-0.3, -0.25) is 4.98 Å². The number of nitrogens with zero attached hydrogens (tertiary/aromatic N) is 1. The van der Waals surface area contributed by atoms with Gasteiger partial charge in [-0.05, 0) is 31.7 Å². The Morgan fingerprint density at radius 2 is 2.20 bits per heavy atom. The lowest BCUT2D eigenvalue weighted by atomic mass is 10.2. The van der Waals surface area contributed by atoms with Crippen LogP contribution in [0.1, 0.15) is 36.0 Å². The van der Waals surface area contributed by atoms with Crippen molar-refractivity contribution in [3.8, 4) is 5.75 Å². The van der Waals surface area contributed by atoms with Crippen molar-refractivity contribution in [2.24, 2.45) is 0 Å². The minimum absolute atomic E-state index is 0.143. The monoisotopic (exact) mass is 207 g/mol. The molecular weight excluding hydrogens is 194 g/mol. The fourth-order valence-electron chi connectivity index (χ4n) is 1.83. The van der Waals surface area contributed by atoms with Crippen molar-refractivity contribution in [1.82, 2.24) is 4.98 Å². The summed E-state index contributed by atoms with van der Waals surface area (Å²) in [5, 5.41) is 8.92. The fourth-order valence-corrected chi connectivity index (χ4v) is 1.83. The first-order valence-electron chi connectivity index (χ1n) is 5.11. The van der Waals surface area contributed by atoms with E-state index >= 15 is 0 Å². The second-order valence-electron chi connectivity index (χ2n) is 3.70. The van der Waals surface area contributed by atoms with Crippen LogP contribution in [0.5, 0.6) is 5.75 Å². The first kappa shape index (κ1) is 9.96. The number of aromatic carboxylic acids is 1. The van der Waals surface area contributed by atoms with Crippen LogP contribution < -0.4 is 4.74 Å². The van der Waals surface area contributed by atoms with Crippen molar-refractivity contribution < 1.29 is 14.6 Å². The minimum Gasteiger partial charge on any atom is -0.489 e. The van der Waals surface area contributed by atoms with Crippen LogP contribution in [-0.2, 0) is 0 Å². The van der Waals surface area contributed by atoms with E-state index in [-0.39, 0.29) is 11.7 Å². The van der Waals surface area contributed by atoms with Crippen molar-refractivity contribution >= 4 is 5.97 Å². The number of ether oxygens (including phenoxy) is 1. The average Bonchev–Trinajstić information content (AvgIpc) is 2.71. The first-order valence-corrected chi connectivity index (χ1v) is 5.11. The third kappa shape index (κ3) is 2.26. The van der Waals surface area contributed by atoms with E-state index in [0.717, 1.165) is 25.7 Å². The Labute approximate surface area is 87.9 Å². The molecule has 0 amide bonds. The van der Waals surface area contributed by atoms with Crippen molar-refractivity contribution in [2.45, 2.75) is 31.8 Å². The Morgan fingerprint density at radius 1 is 1.47 bits per heavy atom. The quantitative estimate of drug-likeness (QED) is 0.824. The SMILES string of the molecule is O=C(O)c1cnccc1OC1CCCC1. The van der Waals surface area contributed by atoms with Gasteiger partial charge in [0.2, 0.25) is 0 Å². The molecular formula is C11H13NO3. The number of carbonyl (C=O) groups is 1. The second kappa shape index (κ2) is 4.29. The van der Waals surface area contributed by atoms with Crippen LogP contribution in [0.25, 0.3) is 0 Å². The zero-order valence-corrected chi connectivity index (χ0v) is 8.35. The van der Waals surface area contributed by atoms with Gasteiger partial charge in [0.25, 0.3) is 0 Å². The van der Waals surface area contributed by atoms with Crippen LogP contribution in [0, 0.1) is 0 Å². The topological polar surface area (TPSA) is 59.4 Å². The van der Waals surface area contributed by atoms with E-state index in [9.17, 15) is 4.79 Å². The van der Waals surface area contributed by atoms with Crippen LogP contribution in [0.4, 0.5) is 0 Å². The van der Waals surface area contributed by atoms with Crippen LogP contribution in [0.2, 0.25) is 0 Å². The Balaban J connectivity index is 2.15. The van der Waals surface area contributed by atoms with Crippen LogP contribution in [0.3, 0.4) is 0 Å². The molecule has 1 fully saturated rings. The standard InChI is InChI=1S/C11H13NO3/c13-11(14)9-7-12-6-5-10(9)15-8-3-1-2-4-8/h5-8H,1-4H2,(H,13,14). The molecule has 1 aromatic heterocycles. The van der Waals surface area contributed by atoms with E-state index in [1.807, 2.05) is 0 Å². The summed E-state index contributed by atoms with van der Waals surface area (Å²) >= 11 is 0. The molecule has 1 heterocycles. The summed E-state index contributed by atoms with van der Waals surface area (Å²) in [6.45, 7) is 0. The minimum atomic E-state index is -0.990. The maximum Gasteiger partial charge on any atom is 0.341 e. The molecule has 0 aromatic carbocycles. The molecule has 80 valence electrons. The smallest absolute Gasteiger partial charge is 0.341 e. The lowest BCUT2D eigenvalue weighted by Gasteiger charge is -2.14. The Kier molecular flexibility index (Phi) is 2.85. The Bertz CT molecular complexity index is 359. The molecule has 1 aliphatic rings. The largest absolute Gasteiger partial charge is 0.489 e. The normalized spacial score (nSPS) is 16.5. The number of hydrogen-bond donors (Lipinski definition) is 1. The van der Waals surface area contributed by atoms with Crippen LogP contribution in [-0.4, -0.2) is 22.2 Å². The van der Waals surface area contributed by atoms with Gasteiger partial charge < -0.3 is 9.84 Å². The van der Waals surface area contributed by atoms with E-state index in [1.54, 1.807) is 12.3 Å². The molecule has 4 heteroatoms. The molecule has 0 atom stereocenters. The Morgan fingerprint density at radius 3 is 2.87 bits per heavy atom. The van der Waals surface area contributed by atoms with Crippen molar-refractivity contribution in [3.05, 3.63) is 24.0 Å². The lowest BCUT2D eigenvalue weighted by Crippen LogP contribution is -2.13. The summed E-state index contributed by atoms with van der Waals surface area (Å²) < 4.78 is 5.65. The number of carboxylic acid groups (broad SMARTS) is 1. The van der Waals surface area contributed by atoms with Gasteiger partial charge in [0, 0.05) is 12.4 Å².